The number of hydrogen-bond acceptors (Lipinski definition) is 6. The molecule has 0 fully saturated rings. The maximum absolute atomic E-state index is 12.3. The molecule has 2 amide bonds. The molecule has 0 saturated heterocycles. The molecule has 0 heterocycles. The third-order valence-electron chi connectivity index (χ3n) is 8.68. The number of amides is 2. The summed E-state index contributed by atoms with van der Waals surface area (Å²) in [7, 11) is 5.97. The van der Waals surface area contributed by atoms with Crippen molar-refractivity contribution in [1.82, 2.24) is 9.44 Å². The first-order valence-electron chi connectivity index (χ1n) is 18.8. The van der Waals surface area contributed by atoms with Crippen LogP contribution in [0.5, 0.6) is 0 Å². The molecular weight excluding hydrogens is 621 g/mol. The standard InChI is InChI=1S/C36H72N2O2S4/c1-5-9-13-17-19-23-27-33(25-21-15-11-7-3)29-31-41-43-37-35(39)36(40)38-44-42-32-30-34(26-22-16-12-8-4)28-24-20-18-14-10-6-2/h33-34H,5-32H2,1-4H3,(H,37,39)(H,38,40). The molecule has 0 bridgehead atoms. The van der Waals surface area contributed by atoms with E-state index in [-0.39, 0.29) is 0 Å². The molecule has 0 aromatic carbocycles. The zero-order valence-electron chi connectivity index (χ0n) is 29.4. The van der Waals surface area contributed by atoms with E-state index in [0.29, 0.717) is 0 Å². The zero-order chi connectivity index (χ0) is 32.4. The highest BCUT2D eigenvalue weighted by atomic mass is 33.1. The normalized spacial score (nSPS) is 12.7. The Balaban J connectivity index is 4.13. The molecule has 0 saturated carbocycles. The van der Waals surface area contributed by atoms with Gasteiger partial charge in [0.2, 0.25) is 0 Å². The smallest absolute Gasteiger partial charge is 0.283 e. The first-order valence-corrected chi connectivity index (χ1v) is 23.4. The van der Waals surface area contributed by atoms with Crippen molar-refractivity contribution in [3.63, 3.8) is 0 Å². The van der Waals surface area contributed by atoms with E-state index < -0.39 is 11.8 Å². The van der Waals surface area contributed by atoms with Crippen LogP contribution < -0.4 is 9.44 Å². The Morgan fingerprint density at radius 1 is 0.409 bits per heavy atom. The Morgan fingerprint density at radius 2 is 0.682 bits per heavy atom. The van der Waals surface area contributed by atoms with E-state index in [1.165, 1.54) is 189 Å². The SMILES string of the molecule is CCCCCCCCC(CCCCCC)CCSSNC(=O)C(=O)NSSCCC(CCCCCC)CCCCCCCC. The summed E-state index contributed by atoms with van der Waals surface area (Å²) in [4.78, 5) is 24.5. The van der Waals surface area contributed by atoms with Gasteiger partial charge < -0.3 is 0 Å². The van der Waals surface area contributed by atoms with Crippen LogP contribution in [-0.4, -0.2) is 23.3 Å². The molecule has 2 unspecified atom stereocenters. The summed E-state index contributed by atoms with van der Waals surface area (Å²) in [6, 6.07) is 0. The lowest BCUT2D eigenvalue weighted by Crippen LogP contribution is -2.32. The second-order valence-corrected chi connectivity index (χ2v) is 17.2. The van der Waals surface area contributed by atoms with E-state index >= 15 is 0 Å². The minimum absolute atomic E-state index is 0.546. The predicted octanol–water partition coefficient (Wildman–Crippen LogP) is 13.3. The molecule has 4 nitrogen and oxygen atoms in total. The fourth-order valence-corrected chi connectivity index (χ4v) is 9.12. The van der Waals surface area contributed by atoms with Gasteiger partial charge in [0.05, 0.1) is 0 Å². The summed E-state index contributed by atoms with van der Waals surface area (Å²) < 4.78 is 5.46. The Morgan fingerprint density at radius 3 is 1.00 bits per heavy atom. The number of rotatable bonds is 34. The van der Waals surface area contributed by atoms with Crippen LogP contribution in [0.25, 0.3) is 0 Å². The fourth-order valence-electron chi connectivity index (χ4n) is 5.75. The molecule has 262 valence electrons. The highest BCUT2D eigenvalue weighted by molar-refractivity contribution is 8.76. The molecule has 44 heavy (non-hydrogen) atoms. The molecule has 0 aliphatic heterocycles. The third kappa shape index (κ3) is 31.0. The van der Waals surface area contributed by atoms with Crippen LogP contribution in [0, 0.1) is 11.8 Å². The second-order valence-electron chi connectivity index (χ2n) is 12.8. The van der Waals surface area contributed by atoms with E-state index in [2.05, 4.69) is 37.1 Å². The highest BCUT2D eigenvalue weighted by Crippen LogP contribution is 2.28. The first kappa shape index (κ1) is 44.3. The largest absolute Gasteiger partial charge is 0.320 e. The van der Waals surface area contributed by atoms with E-state index in [0.717, 1.165) is 23.3 Å². The van der Waals surface area contributed by atoms with Crippen LogP contribution in [0.2, 0.25) is 0 Å². The molecule has 0 rings (SSSR count). The van der Waals surface area contributed by atoms with E-state index in [1.807, 2.05) is 0 Å². The van der Waals surface area contributed by atoms with Gasteiger partial charge in [-0.15, -0.1) is 0 Å². The summed E-state index contributed by atoms with van der Waals surface area (Å²) in [6.07, 6.45) is 34.7. The molecule has 0 aliphatic rings. The molecule has 8 heteroatoms. The Hall–Kier alpha value is 0.340. The summed E-state index contributed by atoms with van der Waals surface area (Å²) in [6.45, 7) is 9.11. The van der Waals surface area contributed by atoms with Crippen LogP contribution >= 0.6 is 43.5 Å². The first-order chi connectivity index (χ1) is 21.6. The van der Waals surface area contributed by atoms with Crippen molar-refractivity contribution in [2.75, 3.05) is 11.5 Å². The maximum Gasteiger partial charge on any atom is 0.320 e. The molecular formula is C36H72N2O2S4. The van der Waals surface area contributed by atoms with Gasteiger partial charge in [0.1, 0.15) is 0 Å². The van der Waals surface area contributed by atoms with Crippen LogP contribution in [0.3, 0.4) is 0 Å². The van der Waals surface area contributed by atoms with Crippen molar-refractivity contribution in [2.24, 2.45) is 11.8 Å². The molecule has 0 aromatic rings. The Labute approximate surface area is 290 Å². The van der Waals surface area contributed by atoms with Crippen molar-refractivity contribution in [2.45, 2.75) is 195 Å². The summed E-state index contributed by atoms with van der Waals surface area (Å²) in [5.41, 5.74) is 0. The van der Waals surface area contributed by atoms with E-state index in [9.17, 15) is 9.59 Å². The maximum atomic E-state index is 12.3. The lowest BCUT2D eigenvalue weighted by Gasteiger charge is -2.17. The quantitative estimate of drug-likeness (QED) is 0.0303. The van der Waals surface area contributed by atoms with Gasteiger partial charge in [-0.1, -0.05) is 203 Å². The lowest BCUT2D eigenvalue weighted by molar-refractivity contribution is -0.136. The number of nitrogens with one attached hydrogen (secondary N) is 2. The minimum atomic E-state index is -0.546. The Kier molecular flexibility index (Phi) is 36.5. The van der Waals surface area contributed by atoms with Crippen molar-refractivity contribution < 1.29 is 9.59 Å². The van der Waals surface area contributed by atoms with Gasteiger partial charge in [-0.25, -0.2) is 0 Å². The van der Waals surface area contributed by atoms with E-state index in [1.54, 1.807) is 21.6 Å². The van der Waals surface area contributed by atoms with Crippen molar-refractivity contribution >= 4 is 55.4 Å². The zero-order valence-corrected chi connectivity index (χ0v) is 32.7. The molecule has 0 aliphatic carbocycles. The highest BCUT2D eigenvalue weighted by Gasteiger charge is 2.15. The number of unbranched alkanes of at least 4 members (excludes halogenated alkanes) is 16. The van der Waals surface area contributed by atoms with Crippen LogP contribution in [0.1, 0.15) is 195 Å². The number of carbonyl (C=O) groups is 2. The summed E-state index contributed by atoms with van der Waals surface area (Å²) in [5.74, 6) is 2.53. The molecule has 2 atom stereocenters. The fraction of sp³-hybridized carbons (Fsp3) is 0.944. The molecule has 2 N–H and O–H groups in total. The molecule has 0 aromatic heterocycles. The number of carbonyl (C=O) groups excluding carboxylic acids is 2. The van der Waals surface area contributed by atoms with E-state index in [4.69, 9.17) is 0 Å². The predicted molar refractivity (Wildman–Crippen MR) is 206 cm³/mol. The summed E-state index contributed by atoms with van der Waals surface area (Å²) in [5, 5.41) is 0. The average Bonchev–Trinajstić information content (AvgIpc) is 3.03. The van der Waals surface area contributed by atoms with Gasteiger partial charge in [0, 0.05) is 33.5 Å². The Bertz CT molecular complexity index is 575. The lowest BCUT2D eigenvalue weighted by atomic mass is 9.92. The van der Waals surface area contributed by atoms with Gasteiger partial charge >= 0.3 is 11.8 Å². The van der Waals surface area contributed by atoms with Gasteiger partial charge in [-0.3, -0.25) is 19.0 Å². The average molecular weight is 693 g/mol. The van der Waals surface area contributed by atoms with Gasteiger partial charge in [0.15, 0.2) is 0 Å². The third-order valence-corrected chi connectivity index (χ3v) is 12.5. The topological polar surface area (TPSA) is 58.2 Å². The summed E-state index contributed by atoms with van der Waals surface area (Å²) >= 11 is 0. The van der Waals surface area contributed by atoms with Crippen molar-refractivity contribution in [3.8, 4) is 0 Å². The van der Waals surface area contributed by atoms with Crippen LogP contribution in [0.4, 0.5) is 0 Å². The van der Waals surface area contributed by atoms with Gasteiger partial charge in [0.25, 0.3) is 0 Å². The van der Waals surface area contributed by atoms with Gasteiger partial charge in [-0.05, 0) is 24.7 Å². The van der Waals surface area contributed by atoms with Crippen molar-refractivity contribution in [3.05, 3.63) is 0 Å². The van der Waals surface area contributed by atoms with Gasteiger partial charge in [-0.2, -0.15) is 0 Å². The monoisotopic (exact) mass is 692 g/mol. The molecule has 0 spiro atoms. The van der Waals surface area contributed by atoms with Crippen LogP contribution in [-0.2, 0) is 9.59 Å². The minimum Gasteiger partial charge on any atom is -0.283 e. The van der Waals surface area contributed by atoms with Crippen molar-refractivity contribution in [1.29, 1.82) is 0 Å². The second kappa shape index (κ2) is 36.2. The molecule has 0 radical (unpaired) electrons. The number of hydrogen-bond donors (Lipinski definition) is 2. The van der Waals surface area contributed by atoms with Crippen LogP contribution in [0.15, 0.2) is 0 Å².